The van der Waals surface area contributed by atoms with Gasteiger partial charge in [-0.05, 0) is 32.1 Å². The van der Waals surface area contributed by atoms with E-state index in [0.29, 0.717) is 6.54 Å². The van der Waals surface area contributed by atoms with Crippen LogP contribution in [0.5, 0.6) is 0 Å². The van der Waals surface area contributed by atoms with Gasteiger partial charge in [-0.25, -0.2) is 0 Å². The topological polar surface area (TPSA) is 29.3 Å². The number of nitrogens with zero attached hydrogens (tertiary/aromatic N) is 1. The summed E-state index contributed by atoms with van der Waals surface area (Å²) in [6.07, 6.45) is 1.20. The van der Waals surface area contributed by atoms with Crippen molar-refractivity contribution in [3.63, 3.8) is 0 Å². The molecule has 3 heteroatoms. The molecular formula is C12H18N2S. The first-order chi connectivity index (χ1) is 7.26. The zero-order valence-corrected chi connectivity index (χ0v) is 10.2. The molecule has 2 nitrogen and oxygen atoms in total. The van der Waals surface area contributed by atoms with E-state index in [-0.39, 0.29) is 0 Å². The van der Waals surface area contributed by atoms with Crippen molar-refractivity contribution in [2.45, 2.75) is 19.9 Å². The SMILES string of the molecule is CCCN(C)Cc1ccc(C#CCN)s1. The summed E-state index contributed by atoms with van der Waals surface area (Å²) in [5.74, 6) is 5.93. The first-order valence-corrected chi connectivity index (χ1v) is 6.04. The minimum Gasteiger partial charge on any atom is -0.320 e. The van der Waals surface area contributed by atoms with E-state index in [1.165, 1.54) is 11.3 Å². The summed E-state index contributed by atoms with van der Waals surface area (Å²) in [5, 5.41) is 0. The lowest BCUT2D eigenvalue weighted by Gasteiger charge is -2.13. The van der Waals surface area contributed by atoms with Crippen LogP contribution in [0.25, 0.3) is 0 Å². The molecule has 0 saturated heterocycles. The van der Waals surface area contributed by atoms with Crippen LogP contribution in [0.1, 0.15) is 23.1 Å². The van der Waals surface area contributed by atoms with Crippen LogP contribution in [0, 0.1) is 11.8 Å². The second-order valence-electron chi connectivity index (χ2n) is 3.51. The normalized spacial score (nSPS) is 10.1. The number of hydrogen-bond acceptors (Lipinski definition) is 3. The molecule has 1 aromatic rings. The molecule has 0 fully saturated rings. The second-order valence-corrected chi connectivity index (χ2v) is 4.68. The Balaban J connectivity index is 2.52. The molecule has 0 aliphatic carbocycles. The third-order valence-electron chi connectivity index (χ3n) is 2.01. The molecule has 0 atom stereocenters. The largest absolute Gasteiger partial charge is 0.320 e. The van der Waals surface area contributed by atoms with Crippen LogP contribution in [-0.4, -0.2) is 25.0 Å². The van der Waals surface area contributed by atoms with Gasteiger partial charge in [0.15, 0.2) is 0 Å². The van der Waals surface area contributed by atoms with Crippen LogP contribution >= 0.6 is 11.3 Å². The van der Waals surface area contributed by atoms with Gasteiger partial charge >= 0.3 is 0 Å². The summed E-state index contributed by atoms with van der Waals surface area (Å²) in [4.78, 5) is 4.80. The maximum Gasteiger partial charge on any atom is 0.0772 e. The molecule has 15 heavy (non-hydrogen) atoms. The van der Waals surface area contributed by atoms with E-state index in [4.69, 9.17) is 5.73 Å². The molecule has 1 aromatic heterocycles. The third kappa shape index (κ3) is 4.48. The van der Waals surface area contributed by atoms with Crippen molar-refractivity contribution in [1.82, 2.24) is 4.90 Å². The standard InChI is InChI=1S/C12H18N2S/c1-3-9-14(2)10-12-7-6-11(15-12)5-4-8-13/h6-7H,3,8-10,13H2,1-2H3. The Bertz CT molecular complexity index is 346. The molecule has 0 spiro atoms. The van der Waals surface area contributed by atoms with Crippen LogP contribution in [-0.2, 0) is 6.54 Å². The molecule has 1 rings (SSSR count). The fraction of sp³-hybridized carbons (Fsp3) is 0.500. The van der Waals surface area contributed by atoms with Crippen molar-refractivity contribution in [1.29, 1.82) is 0 Å². The van der Waals surface area contributed by atoms with Crippen LogP contribution in [0.3, 0.4) is 0 Å². The maximum absolute atomic E-state index is 5.33. The van der Waals surface area contributed by atoms with E-state index in [1.807, 2.05) is 0 Å². The Kier molecular flexibility index (Phi) is 5.41. The van der Waals surface area contributed by atoms with E-state index in [0.717, 1.165) is 18.0 Å². The van der Waals surface area contributed by atoms with E-state index < -0.39 is 0 Å². The van der Waals surface area contributed by atoms with Gasteiger partial charge in [0.05, 0.1) is 11.4 Å². The Morgan fingerprint density at radius 1 is 1.47 bits per heavy atom. The lowest BCUT2D eigenvalue weighted by molar-refractivity contribution is 0.330. The average molecular weight is 222 g/mol. The molecule has 0 saturated carbocycles. The molecule has 0 aliphatic rings. The molecule has 0 bridgehead atoms. The van der Waals surface area contributed by atoms with Crippen molar-refractivity contribution < 1.29 is 0 Å². The van der Waals surface area contributed by atoms with E-state index in [2.05, 4.69) is 42.8 Å². The van der Waals surface area contributed by atoms with Gasteiger partial charge < -0.3 is 10.6 Å². The Hall–Kier alpha value is -0.820. The predicted molar refractivity (Wildman–Crippen MR) is 66.9 cm³/mol. The van der Waals surface area contributed by atoms with Gasteiger partial charge in [-0.15, -0.1) is 11.3 Å². The van der Waals surface area contributed by atoms with Crippen LogP contribution in [0.15, 0.2) is 12.1 Å². The number of hydrogen-bond donors (Lipinski definition) is 1. The monoisotopic (exact) mass is 222 g/mol. The summed E-state index contributed by atoms with van der Waals surface area (Å²) in [6.45, 7) is 4.79. The zero-order valence-electron chi connectivity index (χ0n) is 9.42. The molecule has 82 valence electrons. The number of nitrogens with two attached hydrogens (primary N) is 1. The first-order valence-electron chi connectivity index (χ1n) is 5.22. The van der Waals surface area contributed by atoms with Gasteiger partial charge in [-0.1, -0.05) is 18.8 Å². The van der Waals surface area contributed by atoms with Gasteiger partial charge in [0.1, 0.15) is 0 Å². The lowest BCUT2D eigenvalue weighted by atomic mass is 10.4. The van der Waals surface area contributed by atoms with Crippen molar-refractivity contribution in [3.05, 3.63) is 21.9 Å². The quantitative estimate of drug-likeness (QED) is 0.788. The van der Waals surface area contributed by atoms with Crippen LogP contribution in [0.4, 0.5) is 0 Å². The smallest absolute Gasteiger partial charge is 0.0772 e. The summed E-state index contributed by atoms with van der Waals surface area (Å²) in [6, 6.07) is 4.22. The van der Waals surface area contributed by atoms with Gasteiger partial charge in [0.25, 0.3) is 0 Å². The van der Waals surface area contributed by atoms with E-state index in [1.54, 1.807) is 11.3 Å². The minimum atomic E-state index is 0.434. The summed E-state index contributed by atoms with van der Waals surface area (Å²) in [7, 11) is 2.15. The fourth-order valence-electron chi connectivity index (χ4n) is 1.40. The summed E-state index contributed by atoms with van der Waals surface area (Å²) < 4.78 is 0. The molecule has 0 unspecified atom stereocenters. The highest BCUT2D eigenvalue weighted by Gasteiger charge is 2.01. The van der Waals surface area contributed by atoms with Gasteiger partial charge in [0.2, 0.25) is 0 Å². The van der Waals surface area contributed by atoms with Crippen molar-refractivity contribution in [2.24, 2.45) is 5.73 Å². The first kappa shape index (κ1) is 12.3. The Morgan fingerprint density at radius 3 is 2.93 bits per heavy atom. The fourth-order valence-corrected chi connectivity index (χ4v) is 2.36. The summed E-state index contributed by atoms with van der Waals surface area (Å²) in [5.41, 5.74) is 5.33. The highest BCUT2D eigenvalue weighted by Crippen LogP contribution is 2.16. The highest BCUT2D eigenvalue weighted by molar-refractivity contribution is 7.12. The highest BCUT2D eigenvalue weighted by atomic mass is 32.1. The molecule has 1 heterocycles. The van der Waals surface area contributed by atoms with Crippen LogP contribution < -0.4 is 5.73 Å². The lowest BCUT2D eigenvalue weighted by Crippen LogP contribution is -2.17. The number of thiophene rings is 1. The van der Waals surface area contributed by atoms with Crippen molar-refractivity contribution in [2.75, 3.05) is 20.1 Å². The maximum atomic E-state index is 5.33. The van der Waals surface area contributed by atoms with Gasteiger partial charge in [0, 0.05) is 11.4 Å². The zero-order chi connectivity index (χ0) is 11.1. The molecule has 0 amide bonds. The van der Waals surface area contributed by atoms with Crippen molar-refractivity contribution >= 4 is 11.3 Å². The molecule has 0 aromatic carbocycles. The Morgan fingerprint density at radius 2 is 2.27 bits per heavy atom. The summed E-state index contributed by atoms with van der Waals surface area (Å²) >= 11 is 1.76. The van der Waals surface area contributed by atoms with E-state index in [9.17, 15) is 0 Å². The minimum absolute atomic E-state index is 0.434. The number of rotatable bonds is 4. The predicted octanol–water partition coefficient (Wildman–Crippen LogP) is 1.90. The van der Waals surface area contributed by atoms with Crippen molar-refractivity contribution in [3.8, 4) is 11.8 Å². The van der Waals surface area contributed by atoms with Gasteiger partial charge in [-0.3, -0.25) is 0 Å². The second kappa shape index (κ2) is 6.62. The van der Waals surface area contributed by atoms with Gasteiger partial charge in [-0.2, -0.15) is 0 Å². The Labute approximate surface area is 96.1 Å². The molecule has 2 N–H and O–H groups in total. The average Bonchev–Trinajstić information content (AvgIpc) is 2.63. The third-order valence-corrected chi connectivity index (χ3v) is 2.99. The van der Waals surface area contributed by atoms with E-state index >= 15 is 0 Å². The molecular weight excluding hydrogens is 204 g/mol. The molecule has 0 radical (unpaired) electrons. The van der Waals surface area contributed by atoms with Crippen LogP contribution in [0.2, 0.25) is 0 Å². The molecule has 0 aliphatic heterocycles.